The predicted molar refractivity (Wildman–Crippen MR) is 383 cm³/mol. The Balaban J connectivity index is 1.26. The lowest BCUT2D eigenvalue weighted by molar-refractivity contribution is -0.379. The van der Waals surface area contributed by atoms with Gasteiger partial charge in [-0.1, -0.05) is 265 Å². The topological polar surface area (TPSA) is 307 Å². The van der Waals surface area contributed by atoms with Gasteiger partial charge >= 0.3 is 0 Å². The zero-order chi connectivity index (χ0) is 70.4. The van der Waals surface area contributed by atoms with E-state index in [0.29, 0.717) is 12.8 Å². The maximum atomic E-state index is 13.4. The number of aliphatic hydroxyl groups excluding tert-OH is 11. The fourth-order valence-electron chi connectivity index (χ4n) is 12.3. The summed E-state index contributed by atoms with van der Waals surface area (Å²) in [5.74, 6) is -0.290. The molecule has 3 aliphatic rings. The maximum Gasteiger partial charge on any atom is 0.220 e. The van der Waals surface area contributed by atoms with E-state index < -0.39 is 124 Å². The predicted octanol–water partition coefficient (Wildman–Crippen LogP) is 11.6. The monoisotopic (exact) mass is 1370 g/mol. The van der Waals surface area contributed by atoms with Crippen LogP contribution in [0.4, 0.5) is 0 Å². The van der Waals surface area contributed by atoms with Gasteiger partial charge in [0, 0.05) is 6.42 Å². The molecule has 17 unspecified atom stereocenters. The Labute approximate surface area is 583 Å². The molecular formula is C78H135NO18. The van der Waals surface area contributed by atoms with Crippen LogP contribution >= 0.6 is 0 Å². The SMILES string of the molecule is CC/C=C\C/C=C\C/C=C\C/C=C\C/C=C\CCCCCCCCCCCCCCCCCCCCCCCCCCCC(=O)NC(COC1OC(CO)C(OC2OC(CO)C(OC3OC(CO)C(O)C(O)C3O)C(O)C2O)C(O)C1O)C(O)/C=C/CC/C=C/CC/C=C/CCC. The third kappa shape index (κ3) is 39.1. The van der Waals surface area contributed by atoms with Crippen LogP contribution in [0.15, 0.2) is 97.2 Å². The molecule has 12 N–H and O–H groups in total. The van der Waals surface area contributed by atoms with Crippen molar-refractivity contribution in [3.63, 3.8) is 0 Å². The van der Waals surface area contributed by atoms with Gasteiger partial charge in [0.25, 0.3) is 0 Å². The van der Waals surface area contributed by atoms with Crippen LogP contribution in [0.25, 0.3) is 0 Å². The average Bonchev–Trinajstić information content (AvgIpc) is 0.790. The smallest absolute Gasteiger partial charge is 0.220 e. The van der Waals surface area contributed by atoms with Crippen molar-refractivity contribution in [2.75, 3.05) is 26.4 Å². The van der Waals surface area contributed by atoms with E-state index >= 15 is 0 Å². The quantitative estimate of drug-likeness (QED) is 0.0199. The summed E-state index contributed by atoms with van der Waals surface area (Å²) < 4.78 is 34.3. The van der Waals surface area contributed by atoms with Gasteiger partial charge in [-0.25, -0.2) is 0 Å². The van der Waals surface area contributed by atoms with Gasteiger partial charge in [-0.05, 0) is 83.5 Å². The highest BCUT2D eigenvalue weighted by molar-refractivity contribution is 5.76. The first-order valence-corrected chi connectivity index (χ1v) is 38.0. The number of hydrogen-bond acceptors (Lipinski definition) is 18. The Morgan fingerprint density at radius 1 is 0.381 bits per heavy atom. The first-order chi connectivity index (χ1) is 47.3. The summed E-state index contributed by atoms with van der Waals surface area (Å²) in [6.07, 6.45) is 51.7. The first-order valence-electron chi connectivity index (χ1n) is 38.0. The van der Waals surface area contributed by atoms with E-state index in [1.165, 1.54) is 141 Å². The van der Waals surface area contributed by atoms with E-state index in [0.717, 1.165) is 83.5 Å². The van der Waals surface area contributed by atoms with Crippen LogP contribution in [0.3, 0.4) is 0 Å². The number of ether oxygens (including phenoxy) is 6. The van der Waals surface area contributed by atoms with Crippen LogP contribution in [0.2, 0.25) is 0 Å². The molecule has 0 saturated carbocycles. The average molecular weight is 1370 g/mol. The number of carbonyl (C=O) groups is 1. The Morgan fingerprint density at radius 3 is 1.14 bits per heavy atom. The molecule has 0 radical (unpaired) electrons. The van der Waals surface area contributed by atoms with Crippen molar-refractivity contribution in [1.82, 2.24) is 5.32 Å². The van der Waals surface area contributed by atoms with Crippen LogP contribution in [-0.2, 0) is 33.2 Å². The second-order valence-electron chi connectivity index (χ2n) is 26.7. The minimum atomic E-state index is -1.98. The van der Waals surface area contributed by atoms with Crippen molar-refractivity contribution in [3.8, 4) is 0 Å². The summed E-state index contributed by atoms with van der Waals surface area (Å²) >= 11 is 0. The summed E-state index contributed by atoms with van der Waals surface area (Å²) in [5.41, 5.74) is 0. The largest absolute Gasteiger partial charge is 0.394 e. The van der Waals surface area contributed by atoms with Gasteiger partial charge in [0.15, 0.2) is 18.9 Å². The summed E-state index contributed by atoms with van der Waals surface area (Å²) in [7, 11) is 0. The minimum absolute atomic E-state index is 0.231. The van der Waals surface area contributed by atoms with Gasteiger partial charge < -0.3 is 89.9 Å². The van der Waals surface area contributed by atoms with E-state index in [2.05, 4.69) is 104 Å². The second kappa shape index (κ2) is 58.2. The molecule has 19 nitrogen and oxygen atoms in total. The lowest BCUT2D eigenvalue weighted by Crippen LogP contribution is -2.66. The van der Waals surface area contributed by atoms with E-state index in [-0.39, 0.29) is 18.9 Å². The van der Waals surface area contributed by atoms with Crippen molar-refractivity contribution in [1.29, 1.82) is 0 Å². The first kappa shape index (κ1) is 87.9. The van der Waals surface area contributed by atoms with Crippen molar-refractivity contribution >= 4 is 5.91 Å². The molecule has 17 atom stereocenters. The van der Waals surface area contributed by atoms with Gasteiger partial charge in [0.05, 0.1) is 38.6 Å². The summed E-state index contributed by atoms with van der Waals surface area (Å²) in [6, 6.07) is -0.997. The van der Waals surface area contributed by atoms with Crippen molar-refractivity contribution < 1.29 is 89.4 Å². The normalized spacial score (nSPS) is 27.5. The third-order valence-electron chi connectivity index (χ3n) is 18.3. The van der Waals surface area contributed by atoms with Crippen LogP contribution < -0.4 is 5.32 Å². The van der Waals surface area contributed by atoms with E-state index in [1.807, 2.05) is 6.08 Å². The molecule has 0 aromatic rings. The number of nitrogens with one attached hydrogen (secondary N) is 1. The highest BCUT2D eigenvalue weighted by atomic mass is 16.8. The summed E-state index contributed by atoms with van der Waals surface area (Å²) in [6.45, 7) is 1.50. The van der Waals surface area contributed by atoms with Crippen molar-refractivity contribution in [2.24, 2.45) is 0 Å². The van der Waals surface area contributed by atoms with Crippen molar-refractivity contribution in [2.45, 2.75) is 362 Å². The van der Waals surface area contributed by atoms with Crippen LogP contribution in [0, 0.1) is 0 Å². The molecule has 0 aromatic carbocycles. The third-order valence-corrected chi connectivity index (χ3v) is 18.3. The maximum absolute atomic E-state index is 13.4. The van der Waals surface area contributed by atoms with Crippen molar-refractivity contribution in [3.05, 3.63) is 97.2 Å². The summed E-state index contributed by atoms with van der Waals surface area (Å²) in [4.78, 5) is 13.4. The molecule has 3 fully saturated rings. The van der Waals surface area contributed by atoms with Gasteiger partial charge in [-0.2, -0.15) is 0 Å². The zero-order valence-electron chi connectivity index (χ0n) is 59.5. The molecule has 3 heterocycles. The van der Waals surface area contributed by atoms with Gasteiger partial charge in [-0.15, -0.1) is 0 Å². The molecule has 3 aliphatic heterocycles. The fraction of sp³-hybridized carbons (Fsp3) is 0.782. The lowest BCUT2D eigenvalue weighted by Gasteiger charge is -2.48. The highest BCUT2D eigenvalue weighted by Gasteiger charge is 2.53. The fourth-order valence-corrected chi connectivity index (χ4v) is 12.3. The zero-order valence-corrected chi connectivity index (χ0v) is 59.5. The number of amides is 1. The second-order valence-corrected chi connectivity index (χ2v) is 26.7. The Hall–Kier alpha value is -3.29. The van der Waals surface area contributed by atoms with Crippen LogP contribution in [0.1, 0.15) is 258 Å². The molecular weight excluding hydrogens is 1240 g/mol. The molecule has 0 bridgehead atoms. The van der Waals surface area contributed by atoms with E-state index in [1.54, 1.807) is 6.08 Å². The van der Waals surface area contributed by atoms with Gasteiger partial charge in [0.2, 0.25) is 5.91 Å². The molecule has 3 rings (SSSR count). The highest BCUT2D eigenvalue weighted by Crippen LogP contribution is 2.33. The van der Waals surface area contributed by atoms with Gasteiger partial charge in [-0.3, -0.25) is 4.79 Å². The number of allylic oxidation sites excluding steroid dienone is 15. The van der Waals surface area contributed by atoms with Gasteiger partial charge in [0.1, 0.15) is 73.2 Å². The number of unbranched alkanes of at least 4 members (excludes halogenated alkanes) is 28. The standard InChI is InChI=1S/C78H135NO18/c1-3-5-7-9-11-13-15-16-17-18-19-20-21-22-23-24-25-26-27-28-29-30-31-32-33-34-35-36-37-38-39-40-41-42-43-44-46-48-50-52-54-56-66(84)79-61(62(83)55-53-51-49-47-45-14-12-10-8-6-4-2)60-92-76-72(90)69(87)74(64(58-81)94-76)97-78-73(91)70(88)75(65(59-82)95-78)96-77-71(89)68(86)67(85)63(57-80)93-77/h5,7-8,10-11,13,16-17,19-20,22-23,45,47,53,55,61-65,67-78,80-83,85-91H,3-4,6,9,12,14-15,18,21,24-44,46,48-52,54,56-60H2,1-2H3,(H,79,84)/b7-5-,10-8+,13-11-,17-16-,20-19-,23-22-,47-45+,55-53+. The van der Waals surface area contributed by atoms with Crippen LogP contribution in [0.5, 0.6) is 0 Å². The number of carbonyl (C=O) groups excluding carboxylic acids is 1. The number of hydrogen-bond donors (Lipinski definition) is 12. The van der Waals surface area contributed by atoms with E-state index in [4.69, 9.17) is 28.4 Å². The molecule has 1 amide bonds. The Kier molecular flexibility index (Phi) is 52.8. The Bertz CT molecular complexity index is 2130. The molecule has 0 aliphatic carbocycles. The molecule has 97 heavy (non-hydrogen) atoms. The number of aliphatic hydroxyl groups is 11. The van der Waals surface area contributed by atoms with Crippen LogP contribution in [-0.4, -0.2) is 193 Å². The molecule has 19 heteroatoms. The molecule has 560 valence electrons. The minimum Gasteiger partial charge on any atom is -0.394 e. The lowest BCUT2D eigenvalue weighted by atomic mass is 9.96. The molecule has 3 saturated heterocycles. The summed E-state index contributed by atoms with van der Waals surface area (Å²) in [5, 5.41) is 120. The molecule has 0 aromatic heterocycles. The number of rotatable bonds is 58. The Morgan fingerprint density at radius 2 is 0.722 bits per heavy atom. The van der Waals surface area contributed by atoms with E-state index in [9.17, 15) is 61.0 Å². The molecule has 0 spiro atoms.